The fourth-order valence-corrected chi connectivity index (χ4v) is 2.99. The third kappa shape index (κ3) is 4.76. The summed E-state index contributed by atoms with van der Waals surface area (Å²) >= 11 is 0. The van der Waals surface area contributed by atoms with Crippen molar-refractivity contribution in [3.05, 3.63) is 53.4 Å². The summed E-state index contributed by atoms with van der Waals surface area (Å²) in [6.07, 6.45) is -0.323. The van der Waals surface area contributed by atoms with Crippen LogP contribution in [-0.4, -0.2) is 52.2 Å². The van der Waals surface area contributed by atoms with Gasteiger partial charge in [-0.25, -0.2) is 4.98 Å². The smallest absolute Gasteiger partial charge is 0.417 e. The highest BCUT2D eigenvalue weighted by Gasteiger charge is 2.35. The molecule has 10 heteroatoms. The van der Waals surface area contributed by atoms with E-state index in [1.807, 2.05) is 6.08 Å². The molecule has 1 aliphatic heterocycles. The molecular formula is C20H18F3N3O4. The Hall–Kier alpha value is -3.43. The molecule has 0 fully saturated rings. The lowest BCUT2D eigenvalue weighted by molar-refractivity contribution is -0.138. The number of aliphatic imine (C=N–C) groups is 1. The normalized spacial score (nSPS) is 13.8. The second-order valence-corrected chi connectivity index (χ2v) is 6.59. The molecule has 0 aliphatic carbocycles. The summed E-state index contributed by atoms with van der Waals surface area (Å²) in [5.74, 6) is -2.39. The zero-order valence-electron chi connectivity index (χ0n) is 15.9. The van der Waals surface area contributed by atoms with Crippen LogP contribution in [0.3, 0.4) is 0 Å². The summed E-state index contributed by atoms with van der Waals surface area (Å²) in [5, 5.41) is 9.17. The molecule has 1 aromatic heterocycles. The van der Waals surface area contributed by atoms with Gasteiger partial charge >= 0.3 is 12.1 Å². The Morgan fingerprint density at radius 2 is 2.00 bits per heavy atom. The number of aromatic nitrogens is 1. The number of hydrogen-bond acceptors (Lipinski definition) is 5. The van der Waals surface area contributed by atoms with Gasteiger partial charge in [0, 0.05) is 12.1 Å². The van der Waals surface area contributed by atoms with Crippen molar-refractivity contribution in [1.29, 1.82) is 0 Å². The lowest BCUT2D eigenvalue weighted by atomic mass is 10.1. The van der Waals surface area contributed by atoms with Gasteiger partial charge < -0.3 is 14.4 Å². The van der Waals surface area contributed by atoms with Crippen molar-refractivity contribution in [3.63, 3.8) is 0 Å². The van der Waals surface area contributed by atoms with Gasteiger partial charge in [0.05, 0.1) is 17.8 Å². The number of carboxylic acid groups (broad SMARTS) is 1. The fraction of sp³-hybridized carbons (Fsp3) is 0.300. The van der Waals surface area contributed by atoms with E-state index >= 15 is 0 Å². The van der Waals surface area contributed by atoms with Crippen LogP contribution in [0, 0.1) is 6.92 Å². The maximum absolute atomic E-state index is 13.3. The molecule has 1 aromatic carbocycles. The molecule has 1 N–H and O–H groups in total. The molecule has 0 unspecified atom stereocenters. The van der Waals surface area contributed by atoms with Crippen LogP contribution in [0.4, 0.5) is 13.2 Å². The van der Waals surface area contributed by atoms with Crippen LogP contribution in [0.2, 0.25) is 0 Å². The Bertz CT molecular complexity index is 1020. The van der Waals surface area contributed by atoms with Crippen LogP contribution in [0.1, 0.15) is 28.2 Å². The Kier molecular flexibility index (Phi) is 6.04. The van der Waals surface area contributed by atoms with Crippen molar-refractivity contribution in [1.82, 2.24) is 9.88 Å². The Morgan fingerprint density at radius 3 is 2.63 bits per heavy atom. The average molecular weight is 421 g/mol. The number of carbonyl (C=O) groups excluding carboxylic acids is 1. The number of dihydropyridines is 1. The van der Waals surface area contributed by atoms with E-state index in [1.54, 1.807) is 6.08 Å². The van der Waals surface area contributed by atoms with Gasteiger partial charge in [0.25, 0.3) is 5.91 Å². The molecule has 0 saturated carbocycles. The van der Waals surface area contributed by atoms with Gasteiger partial charge in [-0.1, -0.05) is 18.2 Å². The predicted octanol–water partition coefficient (Wildman–Crippen LogP) is 3.60. The van der Waals surface area contributed by atoms with E-state index in [2.05, 4.69) is 9.98 Å². The van der Waals surface area contributed by atoms with Crippen molar-refractivity contribution in [2.45, 2.75) is 19.5 Å². The molecule has 0 radical (unpaired) electrons. The number of oxazole rings is 1. The van der Waals surface area contributed by atoms with Crippen LogP contribution in [0.15, 0.2) is 45.8 Å². The van der Waals surface area contributed by atoms with E-state index < -0.39 is 30.2 Å². The number of aliphatic carboxylic acids is 1. The second-order valence-electron chi connectivity index (χ2n) is 6.59. The predicted molar refractivity (Wildman–Crippen MR) is 101 cm³/mol. The van der Waals surface area contributed by atoms with Crippen molar-refractivity contribution < 1.29 is 32.3 Å². The molecular weight excluding hydrogens is 403 g/mol. The Labute approximate surface area is 169 Å². The van der Waals surface area contributed by atoms with Gasteiger partial charge in [-0.2, -0.15) is 13.2 Å². The van der Waals surface area contributed by atoms with Crippen molar-refractivity contribution in [2.24, 2.45) is 4.99 Å². The number of carboxylic acids is 1. The Morgan fingerprint density at radius 1 is 1.27 bits per heavy atom. The summed E-state index contributed by atoms with van der Waals surface area (Å²) in [6, 6.07) is 4.72. The highest BCUT2D eigenvalue weighted by molar-refractivity contribution is 6.02. The van der Waals surface area contributed by atoms with Crippen molar-refractivity contribution in [3.8, 4) is 11.5 Å². The van der Waals surface area contributed by atoms with E-state index in [-0.39, 0.29) is 29.5 Å². The lowest BCUT2D eigenvalue weighted by Gasteiger charge is -2.20. The average Bonchev–Trinajstić information content (AvgIpc) is 3.08. The topological polar surface area (TPSA) is 96.0 Å². The molecule has 3 rings (SSSR count). The third-order valence-electron chi connectivity index (χ3n) is 4.35. The van der Waals surface area contributed by atoms with Crippen LogP contribution in [0.25, 0.3) is 11.5 Å². The van der Waals surface area contributed by atoms with Gasteiger partial charge in [0.2, 0.25) is 5.89 Å². The second kappa shape index (κ2) is 8.52. The largest absolute Gasteiger partial charge is 0.480 e. The fourth-order valence-electron chi connectivity index (χ4n) is 2.99. The van der Waals surface area contributed by atoms with E-state index in [1.165, 1.54) is 25.1 Å². The highest BCUT2D eigenvalue weighted by atomic mass is 19.4. The van der Waals surface area contributed by atoms with Crippen molar-refractivity contribution >= 4 is 17.6 Å². The molecule has 0 atom stereocenters. The summed E-state index contributed by atoms with van der Waals surface area (Å²) in [6.45, 7) is 1.23. The number of hydrogen-bond donors (Lipinski definition) is 1. The van der Waals surface area contributed by atoms with E-state index in [4.69, 9.17) is 9.52 Å². The first-order chi connectivity index (χ1) is 14.2. The molecule has 0 saturated heterocycles. The zero-order valence-corrected chi connectivity index (χ0v) is 15.9. The number of nitrogens with zero attached hydrogens (tertiary/aromatic N) is 3. The summed E-state index contributed by atoms with van der Waals surface area (Å²) in [7, 11) is 0. The number of benzene rings is 1. The molecule has 1 aliphatic rings. The highest BCUT2D eigenvalue weighted by Crippen LogP contribution is 2.37. The van der Waals surface area contributed by atoms with Crippen LogP contribution >= 0.6 is 0 Å². The first kappa shape index (κ1) is 21.3. The molecule has 2 heterocycles. The quantitative estimate of drug-likeness (QED) is 0.769. The SMILES string of the molecule is Cc1oc(-c2ccccc2C(F)(F)F)nc1C(=O)N(CC(=O)O)CC1=NCCC=C1. The maximum Gasteiger partial charge on any atom is 0.417 e. The molecule has 2 aromatic rings. The summed E-state index contributed by atoms with van der Waals surface area (Å²) in [5.41, 5.74) is -0.978. The third-order valence-corrected chi connectivity index (χ3v) is 4.35. The number of rotatable bonds is 6. The van der Waals surface area contributed by atoms with E-state index in [9.17, 15) is 22.8 Å². The minimum Gasteiger partial charge on any atom is -0.480 e. The van der Waals surface area contributed by atoms with E-state index in [0.29, 0.717) is 12.3 Å². The zero-order chi connectivity index (χ0) is 21.9. The number of aryl methyl sites for hydroxylation is 1. The van der Waals surface area contributed by atoms with Crippen molar-refractivity contribution in [2.75, 3.05) is 19.6 Å². The van der Waals surface area contributed by atoms with Gasteiger partial charge in [0.15, 0.2) is 5.69 Å². The molecule has 158 valence electrons. The molecule has 30 heavy (non-hydrogen) atoms. The minimum absolute atomic E-state index is 0.0107. The van der Waals surface area contributed by atoms with Gasteiger partial charge in [-0.3, -0.25) is 14.6 Å². The van der Waals surface area contributed by atoms with Crippen LogP contribution in [0.5, 0.6) is 0 Å². The van der Waals surface area contributed by atoms with Gasteiger partial charge in [-0.15, -0.1) is 0 Å². The molecule has 7 nitrogen and oxygen atoms in total. The monoisotopic (exact) mass is 421 g/mol. The van der Waals surface area contributed by atoms with Crippen LogP contribution in [-0.2, 0) is 11.0 Å². The number of halogens is 3. The standard InChI is InChI=1S/C20H18F3N3O4/c1-12-17(19(29)26(11-16(27)28)10-13-6-4-5-9-24-13)25-18(30-12)14-7-2-3-8-15(14)20(21,22)23/h2-4,6-8H,5,9-11H2,1H3,(H,27,28). The summed E-state index contributed by atoms with van der Waals surface area (Å²) < 4.78 is 45.3. The molecule has 1 amide bonds. The number of amides is 1. The number of alkyl halides is 3. The minimum atomic E-state index is -4.63. The maximum atomic E-state index is 13.3. The van der Waals surface area contributed by atoms with Gasteiger partial charge in [0.1, 0.15) is 12.3 Å². The van der Waals surface area contributed by atoms with E-state index in [0.717, 1.165) is 17.4 Å². The summed E-state index contributed by atoms with van der Waals surface area (Å²) in [4.78, 5) is 33.4. The van der Waals surface area contributed by atoms with Gasteiger partial charge in [-0.05, 0) is 31.6 Å². The first-order valence-corrected chi connectivity index (χ1v) is 9.01. The molecule has 0 spiro atoms. The Balaban J connectivity index is 1.94. The lowest BCUT2D eigenvalue weighted by Crippen LogP contribution is -2.39. The number of carbonyl (C=O) groups is 2. The first-order valence-electron chi connectivity index (χ1n) is 9.01. The van der Waals surface area contributed by atoms with Crippen LogP contribution < -0.4 is 0 Å². The molecule has 0 bridgehead atoms.